The standard InChI is InChI=1S/C26H37N3O4S/c1-8-20(4)27-26(31)22(6)28(16-23-13-9-11-18(2)15-23)25(30)17-29(34(7,32)33)24-14-10-12-19(3)21(24)5/h9-15,20,22H,8,16-17H2,1-7H3,(H,27,31). The normalized spacial score (nSPS) is 13.1. The number of amides is 2. The molecule has 8 heteroatoms. The first-order valence-corrected chi connectivity index (χ1v) is 13.4. The third-order valence-corrected chi connectivity index (χ3v) is 7.25. The fourth-order valence-corrected chi connectivity index (χ4v) is 4.56. The summed E-state index contributed by atoms with van der Waals surface area (Å²) in [6.45, 7) is 11.0. The van der Waals surface area contributed by atoms with Crippen LogP contribution in [0.5, 0.6) is 0 Å². The number of nitrogens with zero attached hydrogens (tertiary/aromatic N) is 2. The lowest BCUT2D eigenvalue weighted by atomic mass is 10.1. The van der Waals surface area contributed by atoms with Crippen LogP contribution in [0.3, 0.4) is 0 Å². The largest absolute Gasteiger partial charge is 0.352 e. The number of carbonyl (C=O) groups is 2. The number of carbonyl (C=O) groups excluding carboxylic acids is 2. The highest BCUT2D eigenvalue weighted by molar-refractivity contribution is 7.92. The second-order valence-corrected chi connectivity index (χ2v) is 10.9. The zero-order valence-electron chi connectivity index (χ0n) is 21.3. The summed E-state index contributed by atoms with van der Waals surface area (Å²) < 4.78 is 26.6. The van der Waals surface area contributed by atoms with Gasteiger partial charge < -0.3 is 10.2 Å². The predicted octanol–water partition coefficient (Wildman–Crippen LogP) is 3.71. The molecule has 0 saturated heterocycles. The van der Waals surface area contributed by atoms with E-state index >= 15 is 0 Å². The molecule has 2 unspecified atom stereocenters. The van der Waals surface area contributed by atoms with Crippen LogP contribution in [0.2, 0.25) is 0 Å². The van der Waals surface area contributed by atoms with Crippen molar-refractivity contribution < 1.29 is 18.0 Å². The van der Waals surface area contributed by atoms with Crippen molar-refractivity contribution in [2.45, 2.75) is 66.6 Å². The van der Waals surface area contributed by atoms with Crippen LogP contribution in [0.15, 0.2) is 42.5 Å². The molecule has 0 aliphatic heterocycles. The van der Waals surface area contributed by atoms with E-state index in [1.54, 1.807) is 19.1 Å². The van der Waals surface area contributed by atoms with Crippen LogP contribution in [0, 0.1) is 20.8 Å². The number of rotatable bonds is 10. The minimum Gasteiger partial charge on any atom is -0.352 e. The SMILES string of the molecule is CCC(C)NC(=O)C(C)N(Cc1cccc(C)c1)C(=O)CN(c1cccc(C)c1C)S(C)(=O)=O. The maximum absolute atomic E-state index is 13.6. The Morgan fingerprint density at radius 1 is 1.03 bits per heavy atom. The lowest BCUT2D eigenvalue weighted by Gasteiger charge is -2.32. The predicted molar refractivity (Wildman–Crippen MR) is 137 cm³/mol. The van der Waals surface area contributed by atoms with E-state index in [1.165, 1.54) is 4.90 Å². The van der Waals surface area contributed by atoms with E-state index < -0.39 is 28.5 Å². The summed E-state index contributed by atoms with van der Waals surface area (Å²) in [6, 6.07) is 12.3. The summed E-state index contributed by atoms with van der Waals surface area (Å²) in [5, 5.41) is 2.93. The highest BCUT2D eigenvalue weighted by Crippen LogP contribution is 2.25. The average molecular weight is 488 g/mol. The first-order chi connectivity index (χ1) is 15.8. The van der Waals surface area contributed by atoms with E-state index in [0.717, 1.165) is 39.2 Å². The molecule has 34 heavy (non-hydrogen) atoms. The monoisotopic (exact) mass is 487 g/mol. The first-order valence-electron chi connectivity index (χ1n) is 11.5. The lowest BCUT2D eigenvalue weighted by Crippen LogP contribution is -2.52. The van der Waals surface area contributed by atoms with E-state index in [9.17, 15) is 18.0 Å². The molecule has 0 aliphatic rings. The molecular formula is C26H37N3O4S. The molecule has 2 aromatic rings. The number of benzene rings is 2. The highest BCUT2D eigenvalue weighted by Gasteiger charge is 2.31. The number of hydrogen-bond donors (Lipinski definition) is 1. The van der Waals surface area contributed by atoms with Crippen LogP contribution in [0.1, 0.15) is 49.4 Å². The second-order valence-electron chi connectivity index (χ2n) is 8.99. The zero-order chi connectivity index (χ0) is 25.6. The summed E-state index contributed by atoms with van der Waals surface area (Å²) in [4.78, 5) is 28.0. The molecule has 0 spiro atoms. The molecule has 0 saturated carbocycles. The van der Waals surface area contributed by atoms with Crippen LogP contribution in [-0.4, -0.2) is 50.0 Å². The van der Waals surface area contributed by atoms with Crippen LogP contribution in [0.4, 0.5) is 5.69 Å². The zero-order valence-corrected chi connectivity index (χ0v) is 22.1. The molecule has 0 heterocycles. The van der Waals surface area contributed by atoms with Gasteiger partial charge in [-0.25, -0.2) is 8.42 Å². The molecule has 0 aliphatic carbocycles. The Kier molecular flexibility index (Phi) is 9.27. The Morgan fingerprint density at radius 2 is 1.68 bits per heavy atom. The highest BCUT2D eigenvalue weighted by atomic mass is 32.2. The molecule has 186 valence electrons. The summed E-state index contributed by atoms with van der Waals surface area (Å²) >= 11 is 0. The van der Waals surface area contributed by atoms with Crippen molar-refractivity contribution in [3.8, 4) is 0 Å². The van der Waals surface area contributed by atoms with Gasteiger partial charge in [-0.15, -0.1) is 0 Å². The van der Waals surface area contributed by atoms with Gasteiger partial charge in [-0.05, 0) is 63.8 Å². The van der Waals surface area contributed by atoms with Gasteiger partial charge in [0.15, 0.2) is 0 Å². The number of anilines is 1. The molecule has 0 fully saturated rings. The second kappa shape index (κ2) is 11.5. The molecule has 7 nitrogen and oxygen atoms in total. The Labute approximate surface area is 204 Å². The molecule has 2 aromatic carbocycles. The number of aryl methyl sites for hydroxylation is 2. The van der Waals surface area contributed by atoms with E-state index in [2.05, 4.69) is 5.32 Å². The van der Waals surface area contributed by atoms with Crippen molar-refractivity contribution in [1.29, 1.82) is 0 Å². The number of hydrogen-bond acceptors (Lipinski definition) is 4. The van der Waals surface area contributed by atoms with E-state index in [1.807, 2.05) is 65.0 Å². The Balaban J connectivity index is 2.43. The molecule has 0 aromatic heterocycles. The van der Waals surface area contributed by atoms with E-state index in [-0.39, 0.29) is 18.5 Å². The van der Waals surface area contributed by atoms with Crippen molar-refractivity contribution in [3.63, 3.8) is 0 Å². The van der Waals surface area contributed by atoms with Crippen LogP contribution in [-0.2, 0) is 26.2 Å². The summed E-state index contributed by atoms with van der Waals surface area (Å²) in [7, 11) is -3.75. The van der Waals surface area contributed by atoms with Gasteiger partial charge in [-0.2, -0.15) is 0 Å². The Bertz CT molecular complexity index is 1130. The average Bonchev–Trinajstić information content (AvgIpc) is 2.76. The van der Waals surface area contributed by atoms with Gasteiger partial charge >= 0.3 is 0 Å². The van der Waals surface area contributed by atoms with Gasteiger partial charge in [0.05, 0.1) is 11.9 Å². The smallest absolute Gasteiger partial charge is 0.244 e. The van der Waals surface area contributed by atoms with Gasteiger partial charge in [0.2, 0.25) is 21.8 Å². The summed E-state index contributed by atoms with van der Waals surface area (Å²) in [5.41, 5.74) is 4.08. The van der Waals surface area contributed by atoms with Gasteiger partial charge in [0.1, 0.15) is 12.6 Å². The van der Waals surface area contributed by atoms with Crippen LogP contribution in [0.25, 0.3) is 0 Å². The fraction of sp³-hybridized carbons (Fsp3) is 0.462. The third-order valence-electron chi connectivity index (χ3n) is 6.13. The molecule has 2 atom stereocenters. The van der Waals surface area contributed by atoms with E-state index in [0.29, 0.717) is 5.69 Å². The topological polar surface area (TPSA) is 86.8 Å². The molecule has 2 amide bonds. The first kappa shape index (κ1) is 27.4. The minimum absolute atomic E-state index is 0.0340. The van der Waals surface area contributed by atoms with Crippen molar-refractivity contribution in [2.75, 3.05) is 17.1 Å². The maximum atomic E-state index is 13.6. The molecule has 1 N–H and O–H groups in total. The number of nitrogens with one attached hydrogen (secondary N) is 1. The van der Waals surface area contributed by atoms with E-state index in [4.69, 9.17) is 0 Å². The molecule has 0 radical (unpaired) electrons. The van der Waals surface area contributed by atoms with Crippen molar-refractivity contribution >= 4 is 27.5 Å². The van der Waals surface area contributed by atoms with Crippen molar-refractivity contribution in [1.82, 2.24) is 10.2 Å². The Morgan fingerprint density at radius 3 is 2.26 bits per heavy atom. The third kappa shape index (κ3) is 7.06. The van der Waals surface area contributed by atoms with Crippen LogP contribution >= 0.6 is 0 Å². The quantitative estimate of drug-likeness (QED) is 0.554. The minimum atomic E-state index is -3.75. The number of sulfonamides is 1. The maximum Gasteiger partial charge on any atom is 0.244 e. The lowest BCUT2D eigenvalue weighted by molar-refractivity contribution is -0.139. The molecular weight excluding hydrogens is 450 g/mol. The van der Waals surface area contributed by atoms with Crippen molar-refractivity contribution in [2.24, 2.45) is 0 Å². The Hall–Kier alpha value is -2.87. The van der Waals surface area contributed by atoms with Gasteiger partial charge in [-0.1, -0.05) is 48.9 Å². The molecule has 2 rings (SSSR count). The molecule has 0 bridgehead atoms. The fourth-order valence-electron chi connectivity index (χ4n) is 3.66. The summed E-state index contributed by atoms with van der Waals surface area (Å²) in [6.07, 6.45) is 1.85. The van der Waals surface area contributed by atoms with Crippen molar-refractivity contribution in [3.05, 3.63) is 64.7 Å². The summed E-state index contributed by atoms with van der Waals surface area (Å²) in [5.74, 6) is -0.715. The van der Waals surface area contributed by atoms with Gasteiger partial charge in [0.25, 0.3) is 0 Å². The van der Waals surface area contributed by atoms with Gasteiger partial charge in [-0.3, -0.25) is 13.9 Å². The van der Waals surface area contributed by atoms with Crippen LogP contribution < -0.4 is 9.62 Å². The van der Waals surface area contributed by atoms with Gasteiger partial charge in [0, 0.05) is 12.6 Å².